The summed E-state index contributed by atoms with van der Waals surface area (Å²) in [6.45, 7) is 7.34. The first-order valence-corrected chi connectivity index (χ1v) is 7.43. The molecule has 0 aliphatic heterocycles. The fourth-order valence-corrected chi connectivity index (χ4v) is 1.75. The third kappa shape index (κ3) is 5.80. The predicted molar refractivity (Wildman–Crippen MR) is 85.3 cm³/mol. The van der Waals surface area contributed by atoms with Crippen molar-refractivity contribution >= 4 is 17.6 Å². The molecule has 20 heavy (non-hydrogen) atoms. The molecule has 4 nitrogen and oxygen atoms in total. The molecule has 0 bridgehead atoms. The van der Waals surface area contributed by atoms with Crippen molar-refractivity contribution in [3.8, 4) is 0 Å². The molecule has 0 fully saturated rings. The normalized spacial score (nSPS) is 14.8. The molecular weight excluding hydrogens is 274 g/mol. The standard InChI is InChI=1S/C15H24ClN3O/c1-4-11(3)19-15(17-5-2)18-10-14(20)12-6-8-13(16)9-7-12/h6-9,11,14,20H,4-5,10H2,1-3H3,(H2,17,18,19). The molecule has 5 heteroatoms. The van der Waals surface area contributed by atoms with Crippen LogP contribution < -0.4 is 10.6 Å². The molecule has 0 aromatic heterocycles. The average molecular weight is 298 g/mol. The smallest absolute Gasteiger partial charge is 0.191 e. The average Bonchev–Trinajstić information content (AvgIpc) is 2.45. The highest BCUT2D eigenvalue weighted by Gasteiger charge is 2.08. The number of hydrogen-bond donors (Lipinski definition) is 3. The first-order chi connectivity index (χ1) is 9.56. The Balaban J connectivity index is 2.63. The lowest BCUT2D eigenvalue weighted by Crippen LogP contribution is -2.42. The second kappa shape index (κ2) is 8.82. The summed E-state index contributed by atoms with van der Waals surface area (Å²) in [7, 11) is 0. The molecule has 1 rings (SSSR count). The van der Waals surface area contributed by atoms with Gasteiger partial charge in [0.1, 0.15) is 0 Å². The minimum absolute atomic E-state index is 0.313. The number of nitrogens with zero attached hydrogens (tertiary/aromatic N) is 1. The van der Waals surface area contributed by atoms with E-state index in [2.05, 4.69) is 29.5 Å². The quantitative estimate of drug-likeness (QED) is 0.559. The zero-order valence-electron chi connectivity index (χ0n) is 12.4. The number of nitrogens with one attached hydrogen (secondary N) is 2. The number of guanidine groups is 1. The van der Waals surface area contributed by atoms with Crippen molar-refractivity contribution in [3.63, 3.8) is 0 Å². The third-order valence-electron chi connectivity index (χ3n) is 3.02. The van der Waals surface area contributed by atoms with Gasteiger partial charge in [0.25, 0.3) is 0 Å². The van der Waals surface area contributed by atoms with Gasteiger partial charge >= 0.3 is 0 Å². The second-order valence-corrected chi connectivity index (χ2v) is 5.18. The van der Waals surface area contributed by atoms with Gasteiger partial charge in [-0.25, -0.2) is 0 Å². The molecule has 0 spiro atoms. The van der Waals surface area contributed by atoms with Gasteiger partial charge < -0.3 is 15.7 Å². The van der Waals surface area contributed by atoms with Gasteiger partial charge in [0.05, 0.1) is 12.6 Å². The van der Waals surface area contributed by atoms with Gasteiger partial charge in [-0.15, -0.1) is 0 Å². The van der Waals surface area contributed by atoms with Crippen LogP contribution in [0.2, 0.25) is 5.02 Å². The van der Waals surface area contributed by atoms with Gasteiger partial charge in [-0.2, -0.15) is 0 Å². The number of halogens is 1. The summed E-state index contributed by atoms with van der Waals surface area (Å²) in [6.07, 6.45) is 0.393. The summed E-state index contributed by atoms with van der Waals surface area (Å²) in [5, 5.41) is 17.2. The Morgan fingerprint density at radius 3 is 2.50 bits per heavy atom. The van der Waals surface area contributed by atoms with E-state index in [9.17, 15) is 5.11 Å². The van der Waals surface area contributed by atoms with Crippen LogP contribution >= 0.6 is 11.6 Å². The number of aliphatic hydroxyl groups is 1. The Morgan fingerprint density at radius 2 is 1.95 bits per heavy atom. The van der Waals surface area contributed by atoms with E-state index in [4.69, 9.17) is 11.6 Å². The molecule has 2 atom stereocenters. The minimum Gasteiger partial charge on any atom is -0.386 e. The van der Waals surface area contributed by atoms with E-state index in [1.807, 2.05) is 19.1 Å². The molecule has 3 N–H and O–H groups in total. The van der Waals surface area contributed by atoms with Crippen molar-refractivity contribution in [2.75, 3.05) is 13.1 Å². The summed E-state index contributed by atoms with van der Waals surface area (Å²) in [6, 6.07) is 7.52. The number of benzene rings is 1. The summed E-state index contributed by atoms with van der Waals surface area (Å²) in [4.78, 5) is 4.41. The molecule has 0 aliphatic carbocycles. The number of aliphatic hydroxyl groups excluding tert-OH is 1. The van der Waals surface area contributed by atoms with Crippen LogP contribution in [0.1, 0.15) is 38.9 Å². The van der Waals surface area contributed by atoms with E-state index in [-0.39, 0.29) is 0 Å². The van der Waals surface area contributed by atoms with Crippen LogP contribution in [0.25, 0.3) is 0 Å². The summed E-state index contributed by atoms with van der Waals surface area (Å²) in [5.41, 5.74) is 0.817. The molecule has 2 unspecified atom stereocenters. The van der Waals surface area contributed by atoms with Crippen molar-refractivity contribution in [1.29, 1.82) is 0 Å². The first-order valence-electron chi connectivity index (χ1n) is 7.05. The van der Waals surface area contributed by atoms with Crippen LogP contribution in [-0.2, 0) is 0 Å². The Kier molecular flexibility index (Phi) is 7.41. The summed E-state index contributed by atoms with van der Waals surface area (Å²) in [5.74, 6) is 0.731. The lowest BCUT2D eigenvalue weighted by molar-refractivity contribution is 0.187. The molecule has 0 heterocycles. The number of hydrogen-bond acceptors (Lipinski definition) is 2. The van der Waals surface area contributed by atoms with Crippen molar-refractivity contribution in [3.05, 3.63) is 34.9 Å². The van der Waals surface area contributed by atoms with E-state index in [1.54, 1.807) is 12.1 Å². The van der Waals surface area contributed by atoms with Crippen LogP contribution in [0.4, 0.5) is 0 Å². The minimum atomic E-state index is -0.625. The fraction of sp³-hybridized carbons (Fsp3) is 0.533. The molecule has 0 radical (unpaired) electrons. The van der Waals surface area contributed by atoms with Crippen LogP contribution in [-0.4, -0.2) is 30.2 Å². The molecular formula is C15H24ClN3O. The third-order valence-corrected chi connectivity index (χ3v) is 3.27. The van der Waals surface area contributed by atoms with Gasteiger partial charge in [-0.05, 0) is 38.0 Å². The Labute approximate surface area is 126 Å². The first kappa shape index (κ1) is 16.8. The zero-order valence-corrected chi connectivity index (χ0v) is 13.1. The lowest BCUT2D eigenvalue weighted by atomic mass is 10.1. The molecule has 0 aliphatic rings. The molecule has 1 aromatic rings. The van der Waals surface area contributed by atoms with E-state index in [1.165, 1.54) is 0 Å². The van der Waals surface area contributed by atoms with E-state index >= 15 is 0 Å². The van der Waals surface area contributed by atoms with Crippen LogP contribution in [0.3, 0.4) is 0 Å². The topological polar surface area (TPSA) is 56.7 Å². The van der Waals surface area contributed by atoms with Crippen LogP contribution in [0.5, 0.6) is 0 Å². The monoisotopic (exact) mass is 297 g/mol. The van der Waals surface area contributed by atoms with Crippen molar-refractivity contribution in [1.82, 2.24) is 10.6 Å². The molecule has 0 amide bonds. The maximum atomic E-state index is 10.1. The highest BCUT2D eigenvalue weighted by atomic mass is 35.5. The predicted octanol–water partition coefficient (Wildman–Crippen LogP) is 2.73. The molecule has 0 saturated carbocycles. The number of aliphatic imine (C=N–C) groups is 1. The highest BCUT2D eigenvalue weighted by molar-refractivity contribution is 6.30. The Morgan fingerprint density at radius 1 is 1.30 bits per heavy atom. The zero-order chi connectivity index (χ0) is 15.0. The fourth-order valence-electron chi connectivity index (χ4n) is 1.62. The molecule has 112 valence electrons. The van der Waals surface area contributed by atoms with Crippen LogP contribution in [0, 0.1) is 0 Å². The SMILES string of the molecule is CCNC(=NCC(O)c1ccc(Cl)cc1)NC(C)CC. The molecule has 0 saturated heterocycles. The van der Waals surface area contributed by atoms with E-state index < -0.39 is 6.10 Å². The highest BCUT2D eigenvalue weighted by Crippen LogP contribution is 2.16. The largest absolute Gasteiger partial charge is 0.386 e. The maximum Gasteiger partial charge on any atom is 0.191 e. The number of rotatable bonds is 6. The Bertz CT molecular complexity index is 420. The van der Waals surface area contributed by atoms with E-state index in [0.717, 1.165) is 24.5 Å². The maximum absolute atomic E-state index is 10.1. The van der Waals surface area contributed by atoms with Crippen molar-refractivity contribution in [2.45, 2.75) is 39.3 Å². The summed E-state index contributed by atoms with van der Waals surface area (Å²) >= 11 is 5.83. The van der Waals surface area contributed by atoms with Crippen molar-refractivity contribution in [2.24, 2.45) is 4.99 Å². The Hall–Kier alpha value is -1.26. The lowest BCUT2D eigenvalue weighted by Gasteiger charge is -2.17. The van der Waals surface area contributed by atoms with Gasteiger partial charge in [-0.1, -0.05) is 30.7 Å². The van der Waals surface area contributed by atoms with Gasteiger partial charge in [0, 0.05) is 17.6 Å². The second-order valence-electron chi connectivity index (χ2n) is 4.74. The van der Waals surface area contributed by atoms with Crippen molar-refractivity contribution < 1.29 is 5.11 Å². The van der Waals surface area contributed by atoms with Crippen LogP contribution in [0.15, 0.2) is 29.3 Å². The van der Waals surface area contributed by atoms with Gasteiger partial charge in [0.15, 0.2) is 5.96 Å². The molecule has 1 aromatic carbocycles. The summed E-state index contributed by atoms with van der Waals surface area (Å²) < 4.78 is 0. The van der Waals surface area contributed by atoms with E-state index in [0.29, 0.717) is 17.6 Å². The van der Waals surface area contributed by atoms with Gasteiger partial charge in [0.2, 0.25) is 0 Å². The van der Waals surface area contributed by atoms with Gasteiger partial charge in [-0.3, -0.25) is 4.99 Å².